The average Bonchev–Trinajstić information content (AvgIpc) is 3.05. The van der Waals surface area contributed by atoms with Crippen LogP contribution in [0.15, 0.2) is 0 Å². The quantitative estimate of drug-likeness (QED) is 0.0994. The Labute approximate surface area is 225 Å². The highest BCUT2D eigenvalue weighted by Gasteiger charge is 2.70. The van der Waals surface area contributed by atoms with Gasteiger partial charge in [-0.3, -0.25) is 4.90 Å². The van der Waals surface area contributed by atoms with E-state index in [4.69, 9.17) is 21.1 Å². The third-order valence-corrected chi connectivity index (χ3v) is 9.34. The van der Waals surface area contributed by atoms with Gasteiger partial charge in [0.1, 0.15) is 66.0 Å². The molecule has 3 unspecified atom stereocenters. The molecule has 0 bridgehead atoms. The molecular weight excluding hydrogens is 522 g/mol. The Morgan fingerprint density at radius 3 is 1.63 bits per heavy atom. The first kappa shape index (κ1) is 28.5. The van der Waals surface area contributed by atoms with E-state index in [2.05, 4.69) is 28.6 Å². The lowest BCUT2D eigenvalue weighted by atomic mass is 9.75. The van der Waals surface area contributed by atoms with Crippen LogP contribution in [0.2, 0.25) is 0 Å². The summed E-state index contributed by atoms with van der Waals surface area (Å²) in [5.74, 6) is 12.4. The van der Waals surface area contributed by atoms with Gasteiger partial charge >= 0.3 is 0 Å². The number of hydrogen-bond acceptors (Lipinski definition) is 11. The number of aliphatic hydroxyl groups is 8. The summed E-state index contributed by atoms with van der Waals surface area (Å²) in [5.41, 5.74) is -1.38. The molecule has 5 aliphatic rings. The summed E-state index contributed by atoms with van der Waals surface area (Å²) in [6.07, 6.45) is -8.32. The van der Waals surface area contributed by atoms with Gasteiger partial charge in [-0.15, -0.1) is 11.6 Å². The van der Waals surface area contributed by atoms with E-state index in [1.54, 1.807) is 0 Å². The molecule has 5 heterocycles. The second-order valence-corrected chi connectivity index (χ2v) is 11.9. The Balaban J connectivity index is 1.44. The number of aliphatic hydroxyl groups excluding tert-OH is 8. The van der Waals surface area contributed by atoms with Crippen LogP contribution >= 0.6 is 11.6 Å². The molecular formula is C26H36ClNO10. The predicted octanol–water partition coefficient (Wildman–Crippen LogP) is -2.84. The van der Waals surface area contributed by atoms with Crippen LogP contribution in [0.25, 0.3) is 0 Å². The first-order valence-electron chi connectivity index (χ1n) is 13.2. The van der Waals surface area contributed by atoms with Crippen molar-refractivity contribution < 1.29 is 50.3 Å². The maximum Gasteiger partial charge on any atom is 0.147 e. The molecule has 0 amide bonds. The maximum atomic E-state index is 10.5. The Hall–Kier alpha value is -1.03. The molecule has 0 radical (unpaired) electrons. The van der Waals surface area contributed by atoms with Gasteiger partial charge in [-0.05, 0) is 25.7 Å². The molecule has 5 aliphatic heterocycles. The van der Waals surface area contributed by atoms with Crippen LogP contribution in [0.5, 0.6) is 0 Å². The number of hydrogen-bond donors (Lipinski definition) is 8. The highest BCUT2D eigenvalue weighted by atomic mass is 35.5. The second kappa shape index (κ2) is 10.4. The lowest BCUT2D eigenvalue weighted by Gasteiger charge is -2.61. The zero-order chi connectivity index (χ0) is 27.5. The summed E-state index contributed by atoms with van der Waals surface area (Å²) < 4.78 is 11.2. The van der Waals surface area contributed by atoms with Crippen molar-refractivity contribution in [2.45, 2.75) is 122 Å². The molecule has 0 aliphatic carbocycles. The smallest absolute Gasteiger partial charge is 0.147 e. The fourth-order valence-electron chi connectivity index (χ4n) is 6.87. The maximum absolute atomic E-state index is 10.5. The van der Waals surface area contributed by atoms with Crippen molar-refractivity contribution in [3.63, 3.8) is 0 Å². The van der Waals surface area contributed by atoms with Gasteiger partial charge in [-0.2, -0.15) is 0 Å². The topological polar surface area (TPSA) is 184 Å². The fourth-order valence-corrected chi connectivity index (χ4v) is 7.51. The molecule has 0 saturated carbocycles. The standard InChI is InChI=1S/C26H36ClNO10/c27-26-10-9-24(7-3-14-18(31)22(35)20(33)16(11-29)37-14)5-1-2-6-25(13-26,28(24)26)8-4-15-19(32)23(36)21(34)17(12-30)38-15/h14-23,29-36H,1-2,5-6,9-13H2/t14-,15-,16-,17-,18-,19-,20-,21-,22-,23-,24?,25?,26?/m1/s1. The van der Waals surface area contributed by atoms with Crippen molar-refractivity contribution in [3.8, 4) is 23.7 Å². The predicted molar refractivity (Wildman–Crippen MR) is 131 cm³/mol. The van der Waals surface area contributed by atoms with Crippen LogP contribution in [-0.2, 0) is 9.47 Å². The van der Waals surface area contributed by atoms with Gasteiger partial charge in [-0.1, -0.05) is 36.5 Å². The summed E-state index contributed by atoms with van der Waals surface area (Å²) in [6.45, 7) is -1.08. The molecule has 5 rings (SSSR count). The van der Waals surface area contributed by atoms with Crippen LogP contribution in [0, 0.1) is 23.7 Å². The molecule has 212 valence electrons. The minimum Gasteiger partial charge on any atom is -0.394 e. The van der Waals surface area contributed by atoms with Crippen LogP contribution in [0.4, 0.5) is 0 Å². The van der Waals surface area contributed by atoms with E-state index in [0.717, 1.165) is 12.8 Å². The lowest BCUT2D eigenvalue weighted by Crippen LogP contribution is -2.73. The monoisotopic (exact) mass is 557 g/mol. The minimum absolute atomic E-state index is 0.540. The number of rotatable bonds is 2. The van der Waals surface area contributed by atoms with Crippen LogP contribution < -0.4 is 0 Å². The van der Waals surface area contributed by atoms with E-state index in [0.29, 0.717) is 32.1 Å². The zero-order valence-corrected chi connectivity index (χ0v) is 21.6. The number of nitrogens with zero attached hydrogens (tertiary/aromatic N) is 1. The molecule has 8 N–H and O–H groups in total. The highest BCUT2D eigenvalue weighted by molar-refractivity contribution is 6.24. The first-order chi connectivity index (χ1) is 18.0. The van der Waals surface area contributed by atoms with Gasteiger partial charge < -0.3 is 50.3 Å². The van der Waals surface area contributed by atoms with Gasteiger partial charge in [0, 0.05) is 6.42 Å². The van der Waals surface area contributed by atoms with E-state index in [-0.39, 0.29) is 0 Å². The molecule has 0 aromatic heterocycles. The van der Waals surface area contributed by atoms with Crippen molar-refractivity contribution in [1.82, 2.24) is 4.90 Å². The molecule has 38 heavy (non-hydrogen) atoms. The summed E-state index contributed by atoms with van der Waals surface area (Å²) in [5, 5.41) is 80.4. The Bertz CT molecular complexity index is 1020. The Morgan fingerprint density at radius 1 is 0.658 bits per heavy atom. The SMILES string of the molecule is OC[C@H]1O[C@H](C#CC23CCCCC4(C#C[C@H]5O[C@H](CO)[C@@H](O)[C@H](O)[C@@H]5O)CC(Cl)(CC2)N34)[C@@H](O)[C@@H](O)[C@@H]1O. The summed E-state index contributed by atoms with van der Waals surface area (Å²) in [6, 6.07) is 0. The second-order valence-electron chi connectivity index (χ2n) is 11.2. The van der Waals surface area contributed by atoms with Crippen molar-refractivity contribution in [3.05, 3.63) is 0 Å². The molecule has 0 spiro atoms. The largest absolute Gasteiger partial charge is 0.394 e. The summed E-state index contributed by atoms with van der Waals surface area (Å²) in [4.78, 5) is 1.42. The van der Waals surface area contributed by atoms with Gasteiger partial charge in [0.15, 0.2) is 0 Å². The third-order valence-electron chi connectivity index (χ3n) is 8.85. The van der Waals surface area contributed by atoms with E-state index in [1.807, 2.05) is 0 Å². The Morgan fingerprint density at radius 2 is 1.13 bits per heavy atom. The lowest BCUT2D eigenvalue weighted by molar-refractivity contribution is -0.214. The van der Waals surface area contributed by atoms with Gasteiger partial charge in [-0.25, -0.2) is 0 Å². The first-order valence-corrected chi connectivity index (χ1v) is 13.5. The van der Waals surface area contributed by atoms with Crippen molar-refractivity contribution >= 4 is 11.6 Å². The van der Waals surface area contributed by atoms with Gasteiger partial charge in [0.05, 0.1) is 24.3 Å². The fraction of sp³-hybridized carbons (Fsp3) is 0.846. The van der Waals surface area contributed by atoms with E-state index in [9.17, 15) is 40.9 Å². The van der Waals surface area contributed by atoms with Crippen LogP contribution in [-0.4, -0.2) is 136 Å². The van der Waals surface area contributed by atoms with E-state index < -0.39 is 90.3 Å². The number of ether oxygens (including phenoxy) is 2. The molecule has 11 nitrogen and oxygen atoms in total. The summed E-state index contributed by atoms with van der Waals surface area (Å²) >= 11 is 7.05. The minimum atomic E-state index is -1.52. The Kier molecular flexibility index (Phi) is 7.81. The van der Waals surface area contributed by atoms with E-state index >= 15 is 0 Å². The molecule has 0 aromatic rings. The average molecular weight is 558 g/mol. The molecule has 12 heteroatoms. The van der Waals surface area contributed by atoms with Crippen molar-refractivity contribution in [2.75, 3.05) is 13.2 Å². The molecule has 5 fully saturated rings. The van der Waals surface area contributed by atoms with Gasteiger partial charge in [0.2, 0.25) is 0 Å². The van der Waals surface area contributed by atoms with Crippen molar-refractivity contribution in [1.29, 1.82) is 0 Å². The molecule has 0 aromatic carbocycles. The highest BCUT2D eigenvalue weighted by Crippen LogP contribution is 2.64. The number of halogens is 1. The normalized spacial score (nSPS) is 52.4. The molecule has 5 saturated heterocycles. The third kappa shape index (κ3) is 4.47. The van der Waals surface area contributed by atoms with E-state index in [1.165, 1.54) is 0 Å². The summed E-state index contributed by atoms with van der Waals surface area (Å²) in [7, 11) is 0. The van der Waals surface area contributed by atoms with Crippen molar-refractivity contribution in [2.24, 2.45) is 0 Å². The van der Waals surface area contributed by atoms with Crippen LogP contribution in [0.1, 0.15) is 44.9 Å². The van der Waals surface area contributed by atoms with Gasteiger partial charge in [0.25, 0.3) is 0 Å². The van der Waals surface area contributed by atoms with Crippen LogP contribution in [0.3, 0.4) is 0 Å². The molecule has 13 atom stereocenters. The number of alkyl halides is 1. The zero-order valence-electron chi connectivity index (χ0n) is 20.9.